The first kappa shape index (κ1) is 17.2. The van der Waals surface area contributed by atoms with Gasteiger partial charge in [0.1, 0.15) is 0 Å². The summed E-state index contributed by atoms with van der Waals surface area (Å²) in [6.07, 6.45) is 0. The zero-order valence-corrected chi connectivity index (χ0v) is 12.5. The topological polar surface area (TPSA) is 120 Å². The van der Waals surface area contributed by atoms with Crippen molar-refractivity contribution in [1.82, 2.24) is 5.32 Å². The van der Waals surface area contributed by atoms with E-state index in [0.29, 0.717) is 5.56 Å². The van der Waals surface area contributed by atoms with Crippen LogP contribution in [0.25, 0.3) is 0 Å². The number of carbonyl (C=O) groups excluding carboxylic acids is 3. The molecular formula is C14H17N3O5. The fourth-order valence-electron chi connectivity index (χ4n) is 1.36. The molecule has 1 rings (SSSR count). The summed E-state index contributed by atoms with van der Waals surface area (Å²) >= 11 is 0. The van der Waals surface area contributed by atoms with Crippen molar-refractivity contribution in [2.45, 2.75) is 19.4 Å². The normalized spacial score (nSPS) is 11.5. The molecule has 0 unspecified atom stereocenters. The van der Waals surface area contributed by atoms with Gasteiger partial charge in [0.05, 0.1) is 7.11 Å². The van der Waals surface area contributed by atoms with E-state index < -0.39 is 23.5 Å². The van der Waals surface area contributed by atoms with Crippen molar-refractivity contribution in [2.75, 3.05) is 7.11 Å². The standard InChI is InChI=1S/C14H17N3O5/c1-14(2,12(19)16-13(15)20)22-17-10(11(18)21-3)9-7-5-4-6-8-9/h4-8H,1-3H3,(H3,15,16,19,20)/b17-10-. The molecule has 8 nitrogen and oxygen atoms in total. The number of hydrogen-bond donors (Lipinski definition) is 2. The second-order valence-corrected chi connectivity index (χ2v) is 4.72. The number of carbonyl (C=O) groups is 3. The van der Waals surface area contributed by atoms with Gasteiger partial charge < -0.3 is 15.3 Å². The quantitative estimate of drug-likeness (QED) is 0.467. The highest BCUT2D eigenvalue weighted by Crippen LogP contribution is 2.12. The minimum absolute atomic E-state index is 0.108. The average molecular weight is 307 g/mol. The number of amides is 3. The second-order valence-electron chi connectivity index (χ2n) is 4.72. The molecule has 3 N–H and O–H groups in total. The Labute approximate surface area is 127 Å². The van der Waals surface area contributed by atoms with Crippen LogP contribution >= 0.6 is 0 Å². The number of nitrogens with one attached hydrogen (secondary N) is 1. The van der Waals surface area contributed by atoms with E-state index >= 15 is 0 Å². The van der Waals surface area contributed by atoms with Gasteiger partial charge in [-0.15, -0.1) is 0 Å². The molecule has 0 saturated heterocycles. The third-order valence-electron chi connectivity index (χ3n) is 2.57. The van der Waals surface area contributed by atoms with Crippen molar-refractivity contribution >= 4 is 23.6 Å². The molecule has 0 aliphatic rings. The maximum Gasteiger partial charge on any atom is 0.360 e. The number of urea groups is 1. The minimum atomic E-state index is -1.51. The molecule has 0 aliphatic heterocycles. The first-order valence-electron chi connectivity index (χ1n) is 6.28. The summed E-state index contributed by atoms with van der Waals surface area (Å²) in [5, 5.41) is 5.57. The Morgan fingerprint density at radius 1 is 1.18 bits per heavy atom. The van der Waals surface area contributed by atoms with Gasteiger partial charge in [0, 0.05) is 5.56 Å². The van der Waals surface area contributed by atoms with Gasteiger partial charge in [-0.1, -0.05) is 35.5 Å². The summed E-state index contributed by atoms with van der Waals surface area (Å²) in [5.74, 6) is -1.52. The van der Waals surface area contributed by atoms with Gasteiger partial charge in [-0.2, -0.15) is 0 Å². The smallest absolute Gasteiger partial charge is 0.360 e. The summed E-state index contributed by atoms with van der Waals surface area (Å²) in [6, 6.07) is 7.44. The predicted octanol–water partition coefficient (Wildman–Crippen LogP) is 0.554. The largest absolute Gasteiger partial charge is 0.464 e. The van der Waals surface area contributed by atoms with Crippen molar-refractivity contribution in [2.24, 2.45) is 10.9 Å². The molecule has 1 aromatic carbocycles. The molecule has 3 amide bonds. The molecule has 0 saturated carbocycles. The zero-order chi connectivity index (χ0) is 16.8. The Balaban J connectivity index is 3.01. The van der Waals surface area contributed by atoms with Crippen molar-refractivity contribution < 1.29 is 24.0 Å². The van der Waals surface area contributed by atoms with E-state index in [0.717, 1.165) is 0 Å². The first-order valence-corrected chi connectivity index (χ1v) is 6.28. The van der Waals surface area contributed by atoms with E-state index in [2.05, 4.69) is 9.89 Å². The van der Waals surface area contributed by atoms with Gasteiger partial charge in [-0.25, -0.2) is 9.59 Å². The highest BCUT2D eigenvalue weighted by atomic mass is 16.7. The van der Waals surface area contributed by atoms with Crippen LogP contribution in [-0.2, 0) is 19.2 Å². The van der Waals surface area contributed by atoms with Crippen LogP contribution in [0.15, 0.2) is 35.5 Å². The number of benzene rings is 1. The zero-order valence-electron chi connectivity index (χ0n) is 12.5. The molecule has 22 heavy (non-hydrogen) atoms. The number of nitrogens with zero attached hydrogens (tertiary/aromatic N) is 1. The van der Waals surface area contributed by atoms with Gasteiger partial charge in [-0.05, 0) is 13.8 Å². The van der Waals surface area contributed by atoms with Gasteiger partial charge in [0.25, 0.3) is 5.91 Å². The maximum atomic E-state index is 11.8. The Morgan fingerprint density at radius 3 is 2.27 bits per heavy atom. The number of rotatable bonds is 5. The number of oxime groups is 1. The third-order valence-corrected chi connectivity index (χ3v) is 2.57. The van der Waals surface area contributed by atoms with E-state index in [9.17, 15) is 14.4 Å². The molecule has 0 aliphatic carbocycles. The SMILES string of the molecule is COC(=O)/C(=N\OC(C)(C)C(=O)NC(N)=O)c1ccccc1. The number of imide groups is 1. The van der Waals surface area contributed by atoms with E-state index in [1.54, 1.807) is 30.3 Å². The predicted molar refractivity (Wildman–Crippen MR) is 77.9 cm³/mol. The molecule has 0 bridgehead atoms. The van der Waals surface area contributed by atoms with E-state index in [1.807, 2.05) is 5.32 Å². The van der Waals surface area contributed by atoms with Crippen molar-refractivity contribution in [3.63, 3.8) is 0 Å². The lowest BCUT2D eigenvalue weighted by Crippen LogP contribution is -2.48. The number of hydrogen-bond acceptors (Lipinski definition) is 6. The van der Waals surface area contributed by atoms with Crippen molar-refractivity contribution in [1.29, 1.82) is 0 Å². The molecule has 118 valence electrons. The van der Waals surface area contributed by atoms with Crippen LogP contribution in [0.5, 0.6) is 0 Å². The van der Waals surface area contributed by atoms with Gasteiger partial charge in [0.2, 0.25) is 5.60 Å². The highest BCUT2D eigenvalue weighted by molar-refractivity contribution is 6.43. The lowest BCUT2D eigenvalue weighted by atomic mass is 10.1. The summed E-state index contributed by atoms with van der Waals surface area (Å²) < 4.78 is 4.63. The summed E-state index contributed by atoms with van der Waals surface area (Å²) in [6.45, 7) is 2.74. The first-order chi connectivity index (χ1) is 10.3. The van der Waals surface area contributed by atoms with E-state index in [4.69, 9.17) is 10.6 Å². The number of primary amides is 1. The third kappa shape index (κ3) is 4.58. The molecule has 0 heterocycles. The van der Waals surface area contributed by atoms with Crippen LogP contribution in [0, 0.1) is 0 Å². The van der Waals surface area contributed by atoms with Crippen LogP contribution < -0.4 is 11.1 Å². The molecular weight excluding hydrogens is 290 g/mol. The molecule has 0 atom stereocenters. The Bertz CT molecular complexity index is 596. The monoisotopic (exact) mass is 307 g/mol. The fraction of sp³-hybridized carbons (Fsp3) is 0.286. The Kier molecular flexibility index (Phi) is 5.62. The van der Waals surface area contributed by atoms with Gasteiger partial charge >= 0.3 is 12.0 Å². The summed E-state index contributed by atoms with van der Waals surface area (Å²) in [4.78, 5) is 39.3. The van der Waals surface area contributed by atoms with Crippen molar-refractivity contribution in [3.05, 3.63) is 35.9 Å². The van der Waals surface area contributed by atoms with Crippen LogP contribution in [0.3, 0.4) is 0 Å². The maximum absolute atomic E-state index is 11.8. The van der Waals surface area contributed by atoms with Crippen LogP contribution in [0.2, 0.25) is 0 Å². The molecule has 8 heteroatoms. The van der Waals surface area contributed by atoms with Gasteiger partial charge in [-0.3, -0.25) is 10.1 Å². The highest BCUT2D eigenvalue weighted by Gasteiger charge is 2.32. The lowest BCUT2D eigenvalue weighted by molar-refractivity contribution is -0.142. The van der Waals surface area contributed by atoms with Crippen LogP contribution in [0.1, 0.15) is 19.4 Å². The van der Waals surface area contributed by atoms with Gasteiger partial charge in [0.15, 0.2) is 5.71 Å². The Hall–Kier alpha value is -2.90. The lowest BCUT2D eigenvalue weighted by Gasteiger charge is -2.20. The Morgan fingerprint density at radius 2 is 1.77 bits per heavy atom. The average Bonchev–Trinajstić information content (AvgIpc) is 2.47. The number of nitrogens with two attached hydrogens (primary N) is 1. The van der Waals surface area contributed by atoms with Crippen molar-refractivity contribution in [3.8, 4) is 0 Å². The second kappa shape index (κ2) is 7.21. The molecule has 0 aromatic heterocycles. The summed E-state index contributed by atoms with van der Waals surface area (Å²) in [5.41, 5.74) is 3.71. The number of ether oxygens (including phenoxy) is 1. The van der Waals surface area contributed by atoms with Crippen LogP contribution in [0.4, 0.5) is 4.79 Å². The molecule has 0 fully saturated rings. The molecule has 0 radical (unpaired) electrons. The fourth-order valence-corrected chi connectivity index (χ4v) is 1.36. The minimum Gasteiger partial charge on any atom is -0.464 e. The molecule has 1 aromatic rings. The van der Waals surface area contributed by atoms with E-state index in [-0.39, 0.29) is 5.71 Å². The summed E-state index contributed by atoms with van der Waals surface area (Å²) in [7, 11) is 1.20. The van der Waals surface area contributed by atoms with Crippen LogP contribution in [-0.4, -0.2) is 36.3 Å². The molecule has 0 spiro atoms. The van der Waals surface area contributed by atoms with E-state index in [1.165, 1.54) is 21.0 Å². The number of esters is 1. The number of methoxy groups -OCH3 is 1.